The van der Waals surface area contributed by atoms with Crippen LogP contribution in [0, 0.1) is 27.7 Å². The van der Waals surface area contributed by atoms with Crippen LogP contribution in [0.2, 0.25) is 5.02 Å². The second-order valence-corrected chi connectivity index (χ2v) is 9.15. The third-order valence-electron chi connectivity index (χ3n) is 5.59. The van der Waals surface area contributed by atoms with Crippen LogP contribution < -0.4 is 10.1 Å². The number of halogens is 1. The van der Waals surface area contributed by atoms with E-state index < -0.39 is 0 Å². The van der Waals surface area contributed by atoms with Crippen molar-refractivity contribution in [3.63, 3.8) is 0 Å². The predicted octanol–water partition coefficient (Wildman–Crippen LogP) is 6.26. The fraction of sp³-hybridized carbons (Fsp3) is 0.200. The first-order valence-corrected chi connectivity index (χ1v) is 11.4. The molecule has 0 bridgehead atoms. The second-order valence-electron chi connectivity index (χ2n) is 7.68. The molecule has 0 atom stereocenters. The summed E-state index contributed by atoms with van der Waals surface area (Å²) in [6.07, 6.45) is 1.92. The van der Waals surface area contributed by atoms with Crippen molar-refractivity contribution >= 4 is 46.2 Å². The van der Waals surface area contributed by atoms with Crippen LogP contribution >= 0.6 is 23.4 Å². The quantitative estimate of drug-likeness (QED) is 0.462. The molecule has 0 radical (unpaired) electrons. The van der Waals surface area contributed by atoms with Crippen LogP contribution in [0.5, 0.6) is 5.75 Å². The van der Waals surface area contributed by atoms with Gasteiger partial charge in [-0.1, -0.05) is 23.7 Å². The van der Waals surface area contributed by atoms with E-state index in [0.29, 0.717) is 26.5 Å². The van der Waals surface area contributed by atoms with Gasteiger partial charge in [0, 0.05) is 22.1 Å². The number of carbonyl (C=O) groups excluding carboxylic acids is 1. The summed E-state index contributed by atoms with van der Waals surface area (Å²) in [7, 11) is 1.57. The Morgan fingerprint density at radius 2 is 1.91 bits per heavy atom. The number of rotatable bonds is 4. The van der Waals surface area contributed by atoms with E-state index in [1.807, 2.05) is 6.08 Å². The van der Waals surface area contributed by atoms with Crippen molar-refractivity contribution in [3.8, 4) is 11.4 Å². The number of amides is 1. The molecule has 32 heavy (non-hydrogen) atoms. The molecule has 164 valence electrons. The summed E-state index contributed by atoms with van der Waals surface area (Å²) in [6.45, 7) is 8.40. The molecule has 5 nitrogen and oxygen atoms in total. The molecule has 3 aromatic rings. The third kappa shape index (κ3) is 4.20. The minimum absolute atomic E-state index is 0.175. The second kappa shape index (κ2) is 8.88. The highest BCUT2D eigenvalue weighted by atomic mass is 35.5. The zero-order chi connectivity index (χ0) is 23.0. The van der Waals surface area contributed by atoms with Crippen LogP contribution in [0.4, 0.5) is 5.69 Å². The lowest BCUT2D eigenvalue weighted by molar-refractivity contribution is -0.115. The van der Waals surface area contributed by atoms with E-state index in [-0.39, 0.29) is 5.91 Å². The molecule has 0 unspecified atom stereocenters. The zero-order valence-electron chi connectivity index (χ0n) is 18.6. The van der Waals surface area contributed by atoms with Gasteiger partial charge in [-0.3, -0.25) is 4.79 Å². The van der Waals surface area contributed by atoms with E-state index >= 15 is 0 Å². The van der Waals surface area contributed by atoms with Crippen molar-refractivity contribution in [1.29, 1.82) is 0 Å². The van der Waals surface area contributed by atoms with Gasteiger partial charge in [0.25, 0.3) is 5.91 Å². The summed E-state index contributed by atoms with van der Waals surface area (Å²) in [5, 5.41) is 3.87. The van der Waals surface area contributed by atoms with Crippen molar-refractivity contribution in [1.82, 2.24) is 9.88 Å². The van der Waals surface area contributed by atoms with Crippen LogP contribution in [-0.4, -0.2) is 22.8 Å². The SMILES string of the molecule is COc1ccc(Cl)cc1N=C1NC(=O)/C(=C/c2cc(C)n(-c3cccc(C)c3C)c2C)S1. The molecule has 1 fully saturated rings. The van der Waals surface area contributed by atoms with Crippen molar-refractivity contribution < 1.29 is 9.53 Å². The largest absolute Gasteiger partial charge is 0.494 e. The fourth-order valence-electron chi connectivity index (χ4n) is 3.76. The Morgan fingerprint density at radius 3 is 2.66 bits per heavy atom. The van der Waals surface area contributed by atoms with Crippen LogP contribution in [0.15, 0.2) is 52.4 Å². The Morgan fingerprint density at radius 1 is 1.12 bits per heavy atom. The minimum Gasteiger partial charge on any atom is -0.494 e. The normalized spacial score (nSPS) is 16.1. The molecule has 0 aliphatic carbocycles. The van der Waals surface area contributed by atoms with Crippen molar-refractivity contribution in [2.24, 2.45) is 4.99 Å². The maximum Gasteiger partial charge on any atom is 0.264 e. The molecule has 4 rings (SSSR count). The first-order chi connectivity index (χ1) is 15.3. The van der Waals surface area contributed by atoms with Gasteiger partial charge in [-0.05, 0) is 92.6 Å². The average molecular weight is 466 g/mol. The van der Waals surface area contributed by atoms with Crippen LogP contribution in [0.1, 0.15) is 28.1 Å². The summed E-state index contributed by atoms with van der Waals surface area (Å²) in [5.41, 5.74) is 7.41. The monoisotopic (exact) mass is 465 g/mol. The minimum atomic E-state index is -0.175. The summed E-state index contributed by atoms with van der Waals surface area (Å²) in [4.78, 5) is 17.8. The number of hydrogen-bond acceptors (Lipinski definition) is 4. The molecule has 0 spiro atoms. The summed E-state index contributed by atoms with van der Waals surface area (Å²) >= 11 is 7.40. The first kappa shape index (κ1) is 22.2. The van der Waals surface area contributed by atoms with Gasteiger partial charge in [0.05, 0.1) is 12.0 Å². The maximum absolute atomic E-state index is 12.6. The van der Waals surface area contributed by atoms with E-state index in [9.17, 15) is 4.79 Å². The predicted molar refractivity (Wildman–Crippen MR) is 134 cm³/mol. The fourth-order valence-corrected chi connectivity index (χ4v) is 4.76. The number of nitrogens with zero attached hydrogens (tertiary/aromatic N) is 2. The van der Waals surface area contributed by atoms with Crippen LogP contribution in [0.25, 0.3) is 11.8 Å². The Kier molecular flexibility index (Phi) is 6.17. The van der Waals surface area contributed by atoms with Crippen LogP contribution in [-0.2, 0) is 4.79 Å². The molecule has 1 aliphatic rings. The van der Waals surface area contributed by atoms with E-state index in [0.717, 1.165) is 22.6 Å². The molecule has 1 saturated heterocycles. The highest BCUT2D eigenvalue weighted by Gasteiger charge is 2.25. The number of thioether (sulfide) groups is 1. The topological polar surface area (TPSA) is 55.6 Å². The van der Waals surface area contributed by atoms with Crippen LogP contribution in [0.3, 0.4) is 0 Å². The number of nitrogens with one attached hydrogen (secondary N) is 1. The number of amidine groups is 1. The number of aliphatic imine (C=N–C) groups is 1. The Balaban J connectivity index is 1.68. The van der Waals surface area contributed by atoms with Crippen molar-refractivity contribution in [2.45, 2.75) is 27.7 Å². The van der Waals surface area contributed by atoms with Gasteiger partial charge in [0.2, 0.25) is 0 Å². The Labute approximate surface area is 197 Å². The molecule has 7 heteroatoms. The number of ether oxygens (including phenoxy) is 1. The van der Waals surface area contributed by atoms with E-state index in [1.165, 1.54) is 22.9 Å². The van der Waals surface area contributed by atoms with Gasteiger partial charge in [0.1, 0.15) is 11.4 Å². The lowest BCUT2D eigenvalue weighted by Crippen LogP contribution is -2.19. The molecule has 1 N–H and O–H groups in total. The van der Waals surface area contributed by atoms with Gasteiger partial charge >= 0.3 is 0 Å². The molecule has 1 aliphatic heterocycles. The summed E-state index contributed by atoms with van der Waals surface area (Å²) < 4.78 is 7.58. The van der Waals surface area contributed by atoms with Crippen molar-refractivity contribution in [2.75, 3.05) is 7.11 Å². The Bertz CT molecular complexity index is 1290. The van der Waals surface area contributed by atoms with E-state index in [2.05, 4.69) is 66.8 Å². The van der Waals surface area contributed by atoms with Gasteiger partial charge < -0.3 is 14.6 Å². The summed E-state index contributed by atoms with van der Waals surface area (Å²) in [6, 6.07) is 13.6. The zero-order valence-corrected chi connectivity index (χ0v) is 20.2. The number of carbonyl (C=O) groups is 1. The number of aromatic nitrogens is 1. The standard InChI is InChI=1S/C25H24ClN3O2S/c1-14-7-6-8-21(16(14)3)29-15(2)11-18(17(29)4)12-23-24(30)28-25(32-23)27-20-13-19(26)9-10-22(20)31-5/h6-13H,1-5H3,(H,27,28,30)/b23-12-. The molecule has 2 heterocycles. The number of methoxy groups -OCH3 is 1. The van der Waals surface area contributed by atoms with Gasteiger partial charge in [0.15, 0.2) is 5.17 Å². The molecule has 0 saturated carbocycles. The molecular weight excluding hydrogens is 442 g/mol. The molecule has 1 amide bonds. The van der Waals surface area contributed by atoms with Gasteiger partial charge in [-0.2, -0.15) is 0 Å². The Hall–Kier alpha value is -2.96. The highest BCUT2D eigenvalue weighted by molar-refractivity contribution is 8.18. The van der Waals surface area contributed by atoms with E-state index in [4.69, 9.17) is 16.3 Å². The smallest absolute Gasteiger partial charge is 0.264 e. The van der Waals surface area contributed by atoms with Gasteiger partial charge in [-0.15, -0.1) is 0 Å². The summed E-state index contributed by atoms with van der Waals surface area (Å²) in [5.74, 6) is 0.414. The maximum atomic E-state index is 12.6. The van der Waals surface area contributed by atoms with Gasteiger partial charge in [-0.25, -0.2) is 4.99 Å². The number of aryl methyl sites for hydroxylation is 2. The number of benzene rings is 2. The lowest BCUT2D eigenvalue weighted by atomic mass is 10.1. The highest BCUT2D eigenvalue weighted by Crippen LogP contribution is 2.35. The molecule has 2 aromatic carbocycles. The first-order valence-electron chi connectivity index (χ1n) is 10.2. The number of hydrogen-bond donors (Lipinski definition) is 1. The molecule has 1 aromatic heterocycles. The van der Waals surface area contributed by atoms with Crippen molar-refractivity contribution in [3.05, 3.63) is 80.5 Å². The third-order valence-corrected chi connectivity index (χ3v) is 6.73. The van der Waals surface area contributed by atoms with E-state index in [1.54, 1.807) is 25.3 Å². The molecular formula is C25H24ClN3O2S. The lowest BCUT2D eigenvalue weighted by Gasteiger charge is -2.14. The average Bonchev–Trinajstić information content (AvgIpc) is 3.23.